The summed E-state index contributed by atoms with van der Waals surface area (Å²) >= 11 is 0. The van der Waals surface area contributed by atoms with Gasteiger partial charge in [-0.2, -0.15) is 5.26 Å². The number of rotatable bonds is 4. The standard InChI is InChI=1S/C13H18N2O/c1-5-11-6-7-13(16-4)12(8-11)15(3)10(2)9-14/h6-8,10H,5H2,1-4H3. The van der Waals surface area contributed by atoms with Gasteiger partial charge in [0.05, 0.1) is 18.9 Å². The first-order valence-corrected chi connectivity index (χ1v) is 5.43. The molecule has 0 radical (unpaired) electrons. The van der Waals surface area contributed by atoms with Crippen LogP contribution in [0.15, 0.2) is 18.2 Å². The van der Waals surface area contributed by atoms with Crippen LogP contribution in [-0.2, 0) is 6.42 Å². The highest BCUT2D eigenvalue weighted by atomic mass is 16.5. The number of hydrogen-bond donors (Lipinski definition) is 0. The fourth-order valence-electron chi connectivity index (χ4n) is 1.53. The van der Waals surface area contributed by atoms with Crippen molar-refractivity contribution in [2.24, 2.45) is 0 Å². The zero-order valence-electron chi connectivity index (χ0n) is 10.3. The van der Waals surface area contributed by atoms with Crippen molar-refractivity contribution in [1.29, 1.82) is 5.26 Å². The summed E-state index contributed by atoms with van der Waals surface area (Å²) in [5.74, 6) is 0.807. The first-order valence-electron chi connectivity index (χ1n) is 5.43. The Morgan fingerprint density at radius 3 is 2.69 bits per heavy atom. The van der Waals surface area contributed by atoms with Crippen LogP contribution >= 0.6 is 0 Å². The second-order valence-electron chi connectivity index (χ2n) is 3.78. The second-order valence-corrected chi connectivity index (χ2v) is 3.78. The molecule has 0 N–H and O–H groups in total. The Morgan fingerprint density at radius 2 is 2.19 bits per heavy atom. The van der Waals surface area contributed by atoms with Crippen LogP contribution in [-0.4, -0.2) is 20.2 Å². The lowest BCUT2D eigenvalue weighted by Crippen LogP contribution is -2.27. The Labute approximate surface area is 97.3 Å². The zero-order valence-corrected chi connectivity index (χ0v) is 10.3. The Morgan fingerprint density at radius 1 is 1.50 bits per heavy atom. The van der Waals surface area contributed by atoms with E-state index in [1.165, 1.54) is 5.56 Å². The highest BCUT2D eigenvalue weighted by Crippen LogP contribution is 2.29. The molecule has 0 amide bonds. The van der Waals surface area contributed by atoms with Gasteiger partial charge in [0.25, 0.3) is 0 Å². The first-order chi connectivity index (χ1) is 7.63. The normalized spacial score (nSPS) is 11.7. The molecule has 0 fully saturated rings. The van der Waals surface area contributed by atoms with Crippen molar-refractivity contribution in [3.63, 3.8) is 0 Å². The molecule has 0 spiro atoms. The van der Waals surface area contributed by atoms with Gasteiger partial charge < -0.3 is 9.64 Å². The number of hydrogen-bond acceptors (Lipinski definition) is 3. The molecular weight excluding hydrogens is 200 g/mol. The summed E-state index contributed by atoms with van der Waals surface area (Å²) in [5.41, 5.74) is 2.21. The molecule has 16 heavy (non-hydrogen) atoms. The number of nitriles is 1. The van der Waals surface area contributed by atoms with Crippen molar-refractivity contribution in [2.75, 3.05) is 19.1 Å². The fourth-order valence-corrected chi connectivity index (χ4v) is 1.53. The highest BCUT2D eigenvalue weighted by molar-refractivity contribution is 5.60. The minimum Gasteiger partial charge on any atom is -0.495 e. The second kappa shape index (κ2) is 5.41. The van der Waals surface area contributed by atoms with E-state index in [9.17, 15) is 0 Å². The van der Waals surface area contributed by atoms with Gasteiger partial charge in [-0.25, -0.2) is 0 Å². The Balaban J connectivity index is 3.13. The smallest absolute Gasteiger partial charge is 0.142 e. The van der Waals surface area contributed by atoms with E-state index in [-0.39, 0.29) is 6.04 Å². The van der Waals surface area contributed by atoms with Gasteiger partial charge >= 0.3 is 0 Å². The van der Waals surface area contributed by atoms with Crippen LogP contribution in [0.3, 0.4) is 0 Å². The van der Waals surface area contributed by atoms with Crippen molar-refractivity contribution in [3.8, 4) is 11.8 Å². The van der Waals surface area contributed by atoms with Crippen LogP contribution in [0.25, 0.3) is 0 Å². The average Bonchev–Trinajstić information content (AvgIpc) is 2.35. The lowest BCUT2D eigenvalue weighted by molar-refractivity contribution is 0.414. The van der Waals surface area contributed by atoms with Gasteiger partial charge in [-0.3, -0.25) is 0 Å². The van der Waals surface area contributed by atoms with Gasteiger partial charge in [0.15, 0.2) is 0 Å². The summed E-state index contributed by atoms with van der Waals surface area (Å²) in [5, 5.41) is 8.92. The molecule has 0 aliphatic heterocycles. The van der Waals surface area contributed by atoms with Crippen LogP contribution in [0, 0.1) is 11.3 Å². The maximum absolute atomic E-state index is 8.92. The average molecular weight is 218 g/mol. The molecule has 0 bridgehead atoms. The quantitative estimate of drug-likeness (QED) is 0.779. The minimum atomic E-state index is -0.166. The fraction of sp³-hybridized carbons (Fsp3) is 0.462. The van der Waals surface area contributed by atoms with E-state index in [4.69, 9.17) is 10.00 Å². The summed E-state index contributed by atoms with van der Waals surface area (Å²) in [6.45, 7) is 3.98. The maximum atomic E-state index is 8.92. The van der Waals surface area contributed by atoms with Crippen LogP contribution in [0.4, 0.5) is 5.69 Å². The van der Waals surface area contributed by atoms with E-state index in [0.29, 0.717) is 0 Å². The summed E-state index contributed by atoms with van der Waals surface area (Å²) in [4.78, 5) is 1.93. The largest absolute Gasteiger partial charge is 0.495 e. The summed E-state index contributed by atoms with van der Waals surface area (Å²) in [7, 11) is 3.56. The van der Waals surface area contributed by atoms with Gasteiger partial charge in [-0.05, 0) is 31.0 Å². The summed E-state index contributed by atoms with van der Waals surface area (Å²) < 4.78 is 5.31. The molecular formula is C13H18N2O. The number of benzene rings is 1. The maximum Gasteiger partial charge on any atom is 0.142 e. The molecule has 0 aliphatic rings. The Hall–Kier alpha value is -1.69. The monoisotopic (exact) mass is 218 g/mol. The number of methoxy groups -OCH3 is 1. The molecule has 0 aliphatic carbocycles. The van der Waals surface area contributed by atoms with Crippen molar-refractivity contribution in [1.82, 2.24) is 0 Å². The molecule has 0 aromatic heterocycles. The number of aryl methyl sites for hydroxylation is 1. The molecule has 0 saturated heterocycles. The van der Waals surface area contributed by atoms with Crippen molar-refractivity contribution >= 4 is 5.69 Å². The molecule has 3 nitrogen and oxygen atoms in total. The predicted molar refractivity (Wildman–Crippen MR) is 65.9 cm³/mol. The van der Waals surface area contributed by atoms with Gasteiger partial charge in [0.1, 0.15) is 11.8 Å². The van der Waals surface area contributed by atoms with Crippen molar-refractivity contribution in [3.05, 3.63) is 23.8 Å². The van der Waals surface area contributed by atoms with Gasteiger partial charge in [0.2, 0.25) is 0 Å². The molecule has 1 aromatic carbocycles. The molecule has 3 heteroatoms. The Kier molecular flexibility index (Phi) is 4.19. The number of anilines is 1. The van der Waals surface area contributed by atoms with Gasteiger partial charge in [0, 0.05) is 7.05 Å². The SMILES string of the molecule is CCc1ccc(OC)c(N(C)C(C)C#N)c1. The lowest BCUT2D eigenvalue weighted by Gasteiger charge is -2.24. The number of nitrogens with zero attached hydrogens (tertiary/aromatic N) is 2. The van der Waals surface area contributed by atoms with E-state index < -0.39 is 0 Å². The highest BCUT2D eigenvalue weighted by Gasteiger charge is 2.13. The van der Waals surface area contributed by atoms with E-state index in [0.717, 1.165) is 17.9 Å². The van der Waals surface area contributed by atoms with Crippen LogP contribution in [0.2, 0.25) is 0 Å². The van der Waals surface area contributed by atoms with E-state index >= 15 is 0 Å². The predicted octanol–water partition coefficient (Wildman–Crippen LogP) is 2.61. The third-order valence-electron chi connectivity index (χ3n) is 2.80. The topological polar surface area (TPSA) is 36.3 Å². The Bertz CT molecular complexity index is 395. The molecule has 1 rings (SSSR count). The summed E-state index contributed by atoms with van der Waals surface area (Å²) in [6, 6.07) is 8.13. The molecule has 0 heterocycles. The van der Waals surface area contributed by atoms with Crippen LogP contribution < -0.4 is 9.64 Å². The van der Waals surface area contributed by atoms with Gasteiger partial charge in [-0.15, -0.1) is 0 Å². The molecule has 0 saturated carbocycles. The third-order valence-corrected chi connectivity index (χ3v) is 2.80. The molecule has 1 aromatic rings. The molecule has 1 atom stereocenters. The first kappa shape index (κ1) is 12.4. The molecule has 1 unspecified atom stereocenters. The van der Waals surface area contributed by atoms with Crippen molar-refractivity contribution < 1.29 is 4.74 Å². The molecule has 86 valence electrons. The zero-order chi connectivity index (χ0) is 12.1. The third kappa shape index (κ3) is 2.46. The van der Waals surface area contributed by atoms with E-state index in [1.807, 2.05) is 31.0 Å². The van der Waals surface area contributed by atoms with Gasteiger partial charge in [-0.1, -0.05) is 13.0 Å². The minimum absolute atomic E-state index is 0.166. The van der Waals surface area contributed by atoms with E-state index in [1.54, 1.807) is 7.11 Å². The van der Waals surface area contributed by atoms with Crippen LogP contribution in [0.5, 0.6) is 5.75 Å². The van der Waals surface area contributed by atoms with Crippen molar-refractivity contribution in [2.45, 2.75) is 26.3 Å². The number of ether oxygens (including phenoxy) is 1. The van der Waals surface area contributed by atoms with E-state index in [2.05, 4.69) is 19.1 Å². The summed E-state index contributed by atoms with van der Waals surface area (Å²) in [6.07, 6.45) is 0.978. The van der Waals surface area contributed by atoms with Crippen LogP contribution in [0.1, 0.15) is 19.4 Å². The lowest BCUT2D eigenvalue weighted by atomic mass is 10.1.